The van der Waals surface area contributed by atoms with E-state index in [0.29, 0.717) is 27.1 Å². The molecule has 2 saturated heterocycles. The highest BCUT2D eigenvalue weighted by Gasteiger charge is 2.34. The minimum Gasteiger partial charge on any atom is -0.442 e. The lowest BCUT2D eigenvalue weighted by Crippen LogP contribution is -2.34. The molecule has 188 valence electrons. The fourth-order valence-electron chi connectivity index (χ4n) is 4.39. The first-order valence-corrected chi connectivity index (χ1v) is 13.1. The largest absolute Gasteiger partial charge is 0.442 e. The van der Waals surface area contributed by atoms with Crippen LogP contribution in [-0.2, 0) is 9.53 Å². The lowest BCUT2D eigenvalue weighted by atomic mass is 10.0. The van der Waals surface area contributed by atoms with Crippen LogP contribution in [0, 0.1) is 12.8 Å². The molecule has 0 aliphatic carbocycles. The standard InChI is InChI=1S/C25H31ClN4O4S/c1-15(2)23(31)28-19-12-17(11-16(3)22(19)29-9-5-4-6-10-29)30-14-18(34-25(30)33)13-27-24(32)20-7-8-21(26)35-20/h7-8,11-12,15,18H,4-6,9-10,13-14H2,1-3H3,(H,27,32)(H,28,31). The maximum Gasteiger partial charge on any atom is 0.414 e. The van der Waals surface area contributed by atoms with Gasteiger partial charge in [-0.15, -0.1) is 11.3 Å². The molecule has 2 aliphatic rings. The van der Waals surface area contributed by atoms with E-state index in [4.69, 9.17) is 16.3 Å². The van der Waals surface area contributed by atoms with Crippen LogP contribution in [0.5, 0.6) is 0 Å². The van der Waals surface area contributed by atoms with Crippen molar-refractivity contribution in [1.29, 1.82) is 0 Å². The molecule has 2 N–H and O–H groups in total. The summed E-state index contributed by atoms with van der Waals surface area (Å²) in [5.41, 5.74) is 3.36. The van der Waals surface area contributed by atoms with Crippen LogP contribution >= 0.6 is 22.9 Å². The van der Waals surface area contributed by atoms with Crippen molar-refractivity contribution < 1.29 is 19.1 Å². The zero-order valence-corrected chi connectivity index (χ0v) is 21.8. The van der Waals surface area contributed by atoms with E-state index < -0.39 is 12.2 Å². The van der Waals surface area contributed by atoms with E-state index in [2.05, 4.69) is 15.5 Å². The van der Waals surface area contributed by atoms with Crippen LogP contribution in [0.15, 0.2) is 24.3 Å². The van der Waals surface area contributed by atoms with E-state index in [-0.39, 0.29) is 24.3 Å². The molecule has 4 rings (SSSR count). The summed E-state index contributed by atoms with van der Waals surface area (Å²) in [5, 5.41) is 5.88. The maximum absolute atomic E-state index is 12.7. The van der Waals surface area contributed by atoms with Crippen LogP contribution in [0.2, 0.25) is 4.34 Å². The van der Waals surface area contributed by atoms with Crippen molar-refractivity contribution in [1.82, 2.24) is 5.32 Å². The number of nitrogens with one attached hydrogen (secondary N) is 2. The second-order valence-electron chi connectivity index (χ2n) is 9.28. The van der Waals surface area contributed by atoms with Crippen molar-refractivity contribution >= 4 is 57.9 Å². The third-order valence-corrected chi connectivity index (χ3v) is 7.44. The van der Waals surface area contributed by atoms with E-state index in [1.54, 1.807) is 17.0 Å². The van der Waals surface area contributed by atoms with Crippen molar-refractivity contribution in [3.63, 3.8) is 0 Å². The average molecular weight is 519 g/mol. The van der Waals surface area contributed by atoms with Gasteiger partial charge >= 0.3 is 6.09 Å². The highest BCUT2D eigenvalue weighted by molar-refractivity contribution is 7.18. The number of piperidine rings is 1. The summed E-state index contributed by atoms with van der Waals surface area (Å²) in [7, 11) is 0. The van der Waals surface area contributed by atoms with Gasteiger partial charge in [0.05, 0.1) is 33.7 Å². The Balaban J connectivity index is 1.52. The number of hydrogen-bond acceptors (Lipinski definition) is 6. The van der Waals surface area contributed by atoms with Crippen LogP contribution in [-0.4, -0.2) is 50.2 Å². The summed E-state index contributed by atoms with van der Waals surface area (Å²) >= 11 is 7.10. The number of hydrogen-bond donors (Lipinski definition) is 2. The summed E-state index contributed by atoms with van der Waals surface area (Å²) in [6, 6.07) is 7.15. The normalized spacial score (nSPS) is 18.1. The number of anilines is 3. The third-order valence-electron chi connectivity index (χ3n) is 6.21. The fourth-order valence-corrected chi connectivity index (χ4v) is 5.35. The molecular formula is C25H31ClN4O4S. The van der Waals surface area contributed by atoms with E-state index in [0.717, 1.165) is 37.2 Å². The number of amides is 3. The van der Waals surface area contributed by atoms with Gasteiger partial charge < -0.3 is 20.3 Å². The Bertz CT molecular complexity index is 1110. The van der Waals surface area contributed by atoms with Gasteiger partial charge in [-0.25, -0.2) is 4.79 Å². The molecule has 8 nitrogen and oxygen atoms in total. The number of carbonyl (C=O) groups excluding carboxylic acids is 3. The summed E-state index contributed by atoms with van der Waals surface area (Å²) < 4.78 is 6.06. The molecule has 1 unspecified atom stereocenters. The molecule has 2 fully saturated rings. The van der Waals surface area contributed by atoms with Crippen molar-refractivity contribution in [2.75, 3.05) is 41.3 Å². The third kappa shape index (κ3) is 5.90. The van der Waals surface area contributed by atoms with Crippen LogP contribution in [0.4, 0.5) is 21.9 Å². The van der Waals surface area contributed by atoms with Crippen molar-refractivity contribution in [2.45, 2.75) is 46.1 Å². The van der Waals surface area contributed by atoms with Gasteiger partial charge in [-0.05, 0) is 56.0 Å². The molecule has 1 aromatic heterocycles. The lowest BCUT2D eigenvalue weighted by molar-refractivity contribution is -0.118. The second kappa shape index (κ2) is 10.9. The number of carbonyl (C=O) groups is 3. The number of cyclic esters (lactones) is 1. The maximum atomic E-state index is 12.7. The topological polar surface area (TPSA) is 91.0 Å². The van der Waals surface area contributed by atoms with Gasteiger partial charge in [-0.3, -0.25) is 14.5 Å². The quantitative estimate of drug-likeness (QED) is 0.535. The summed E-state index contributed by atoms with van der Waals surface area (Å²) in [5.74, 6) is -0.494. The Morgan fingerprint density at radius 2 is 1.94 bits per heavy atom. The predicted molar refractivity (Wildman–Crippen MR) is 140 cm³/mol. The lowest BCUT2D eigenvalue weighted by Gasteiger charge is -2.33. The molecule has 0 spiro atoms. The predicted octanol–water partition coefficient (Wildman–Crippen LogP) is 5.05. The monoisotopic (exact) mass is 518 g/mol. The number of ether oxygens (including phenoxy) is 1. The molecule has 2 aromatic rings. The van der Waals surface area contributed by atoms with E-state index in [1.165, 1.54) is 17.8 Å². The van der Waals surface area contributed by atoms with Crippen molar-refractivity contribution in [3.05, 3.63) is 39.0 Å². The first-order valence-electron chi connectivity index (χ1n) is 11.9. The van der Waals surface area contributed by atoms with E-state index in [9.17, 15) is 14.4 Å². The number of benzene rings is 1. The number of rotatable bonds is 7. The Labute approximate surface area is 214 Å². The highest BCUT2D eigenvalue weighted by atomic mass is 35.5. The molecule has 3 amide bonds. The van der Waals surface area contributed by atoms with Crippen molar-refractivity contribution in [2.24, 2.45) is 5.92 Å². The number of aryl methyl sites for hydroxylation is 1. The summed E-state index contributed by atoms with van der Waals surface area (Å²) in [6.45, 7) is 8.08. The minimum absolute atomic E-state index is 0.0712. The SMILES string of the molecule is Cc1cc(N2CC(CNC(=O)c3ccc(Cl)s3)OC2=O)cc(NC(=O)C(C)C)c1N1CCCCC1. The Morgan fingerprint density at radius 1 is 1.20 bits per heavy atom. The summed E-state index contributed by atoms with van der Waals surface area (Å²) in [4.78, 5) is 42.0. The zero-order valence-electron chi connectivity index (χ0n) is 20.2. The van der Waals surface area contributed by atoms with Gasteiger partial charge in [0.15, 0.2) is 0 Å². The van der Waals surface area contributed by atoms with Gasteiger partial charge in [-0.1, -0.05) is 25.4 Å². The average Bonchev–Trinajstić information content (AvgIpc) is 3.43. The highest BCUT2D eigenvalue weighted by Crippen LogP contribution is 2.37. The van der Waals surface area contributed by atoms with Crippen LogP contribution in [0.3, 0.4) is 0 Å². The van der Waals surface area contributed by atoms with Gasteiger partial charge in [0.1, 0.15) is 6.10 Å². The number of nitrogens with zero attached hydrogens (tertiary/aromatic N) is 2. The molecule has 0 radical (unpaired) electrons. The summed E-state index contributed by atoms with van der Waals surface area (Å²) in [6.07, 6.45) is 2.47. The molecule has 35 heavy (non-hydrogen) atoms. The Kier molecular flexibility index (Phi) is 7.86. The first kappa shape index (κ1) is 25.3. The van der Waals surface area contributed by atoms with Gasteiger partial charge in [-0.2, -0.15) is 0 Å². The van der Waals surface area contributed by atoms with Gasteiger partial charge in [0, 0.05) is 24.7 Å². The molecule has 0 saturated carbocycles. The second-order valence-corrected chi connectivity index (χ2v) is 11.0. The van der Waals surface area contributed by atoms with Crippen LogP contribution < -0.4 is 20.4 Å². The van der Waals surface area contributed by atoms with E-state index >= 15 is 0 Å². The molecule has 10 heteroatoms. The van der Waals surface area contributed by atoms with Gasteiger partial charge in [0.25, 0.3) is 5.91 Å². The molecule has 1 atom stereocenters. The zero-order chi connectivity index (χ0) is 25.1. The Hall–Kier alpha value is -2.78. The number of halogens is 1. The molecule has 3 heterocycles. The smallest absolute Gasteiger partial charge is 0.414 e. The molecule has 0 bridgehead atoms. The Morgan fingerprint density at radius 3 is 2.60 bits per heavy atom. The number of thiophene rings is 1. The molecule has 1 aromatic carbocycles. The van der Waals surface area contributed by atoms with Crippen molar-refractivity contribution in [3.8, 4) is 0 Å². The molecular weight excluding hydrogens is 488 g/mol. The molecule has 2 aliphatic heterocycles. The first-order chi connectivity index (χ1) is 16.7. The van der Waals surface area contributed by atoms with Crippen LogP contribution in [0.1, 0.15) is 48.3 Å². The fraction of sp³-hybridized carbons (Fsp3) is 0.480. The van der Waals surface area contributed by atoms with E-state index in [1.807, 2.05) is 32.9 Å². The van der Waals surface area contributed by atoms with Crippen LogP contribution in [0.25, 0.3) is 0 Å². The minimum atomic E-state index is -0.488. The van der Waals surface area contributed by atoms with Gasteiger partial charge in [0.2, 0.25) is 5.91 Å².